The third-order valence-electron chi connectivity index (χ3n) is 3.28. The Morgan fingerprint density at radius 2 is 1.86 bits per heavy atom. The number of nitrogens with two attached hydrogens (primary N) is 1. The van der Waals surface area contributed by atoms with E-state index in [0.29, 0.717) is 13.1 Å². The van der Waals surface area contributed by atoms with E-state index in [9.17, 15) is 4.79 Å². The number of likely N-dealkylation sites (N-methyl/N-ethyl adjacent to an activating group) is 1. The van der Waals surface area contributed by atoms with E-state index < -0.39 is 5.60 Å². The van der Waals surface area contributed by atoms with Crippen molar-refractivity contribution in [3.8, 4) is 0 Å². The van der Waals surface area contributed by atoms with Crippen LogP contribution in [-0.2, 0) is 4.74 Å². The van der Waals surface area contributed by atoms with Crippen LogP contribution in [0.25, 0.3) is 0 Å². The van der Waals surface area contributed by atoms with Crippen LogP contribution >= 0.6 is 0 Å². The average Bonchev–Trinajstić information content (AvgIpc) is 2.38. The van der Waals surface area contributed by atoms with E-state index in [4.69, 9.17) is 10.5 Å². The van der Waals surface area contributed by atoms with Crippen LogP contribution in [0.15, 0.2) is 0 Å². The predicted octanol–water partition coefficient (Wildman–Crippen LogP) is 1.50. The summed E-state index contributed by atoms with van der Waals surface area (Å²) in [5.41, 5.74) is 5.47. The Hall–Kier alpha value is -0.850. The summed E-state index contributed by atoms with van der Waals surface area (Å²) in [6.45, 7) is 12.0. The first-order valence-corrected chi connectivity index (χ1v) is 8.25. The van der Waals surface area contributed by atoms with Crippen molar-refractivity contribution in [2.24, 2.45) is 5.73 Å². The summed E-state index contributed by atoms with van der Waals surface area (Å²) in [6.07, 6.45) is 1.57. The van der Waals surface area contributed by atoms with Crippen LogP contribution in [0.2, 0.25) is 0 Å². The average molecular weight is 316 g/mol. The third-order valence-corrected chi connectivity index (χ3v) is 3.28. The number of hydrogen-bond donors (Lipinski definition) is 2. The number of alkyl carbamates (subject to hydrolysis) is 1. The van der Waals surface area contributed by atoms with Crippen molar-refractivity contribution in [1.82, 2.24) is 15.1 Å². The molecular formula is C16H36N4O2. The van der Waals surface area contributed by atoms with Crippen LogP contribution < -0.4 is 11.1 Å². The Kier molecular flexibility index (Phi) is 10.4. The Morgan fingerprint density at radius 3 is 2.32 bits per heavy atom. The fourth-order valence-corrected chi connectivity index (χ4v) is 2.20. The molecule has 0 aromatic rings. The lowest BCUT2D eigenvalue weighted by molar-refractivity contribution is 0.0521. The fourth-order valence-electron chi connectivity index (χ4n) is 2.20. The monoisotopic (exact) mass is 316 g/mol. The second-order valence-corrected chi connectivity index (χ2v) is 6.95. The lowest BCUT2D eigenvalue weighted by Crippen LogP contribution is -2.46. The maximum absolute atomic E-state index is 11.7. The number of ether oxygens (including phenoxy) is 1. The minimum Gasteiger partial charge on any atom is -0.444 e. The maximum Gasteiger partial charge on any atom is 0.407 e. The van der Waals surface area contributed by atoms with Gasteiger partial charge in [0.2, 0.25) is 0 Å². The van der Waals surface area contributed by atoms with Crippen molar-refractivity contribution in [2.45, 2.75) is 52.2 Å². The second-order valence-electron chi connectivity index (χ2n) is 6.95. The topological polar surface area (TPSA) is 70.8 Å². The number of hydrogen-bond acceptors (Lipinski definition) is 5. The molecule has 0 saturated heterocycles. The van der Waals surface area contributed by atoms with Crippen LogP contribution in [0.4, 0.5) is 4.79 Å². The molecule has 0 fully saturated rings. The molecule has 0 radical (unpaired) electrons. The van der Waals surface area contributed by atoms with E-state index >= 15 is 0 Å². The van der Waals surface area contributed by atoms with Gasteiger partial charge in [-0.15, -0.1) is 0 Å². The highest BCUT2D eigenvalue weighted by molar-refractivity contribution is 5.67. The molecule has 0 spiro atoms. The van der Waals surface area contributed by atoms with E-state index in [0.717, 1.165) is 32.5 Å². The first kappa shape index (κ1) is 21.1. The van der Waals surface area contributed by atoms with Gasteiger partial charge in [-0.1, -0.05) is 6.92 Å². The normalized spacial score (nSPS) is 13.5. The summed E-state index contributed by atoms with van der Waals surface area (Å²) >= 11 is 0. The van der Waals surface area contributed by atoms with Gasteiger partial charge in [0.1, 0.15) is 5.60 Å². The summed E-state index contributed by atoms with van der Waals surface area (Å²) in [4.78, 5) is 16.2. The quantitative estimate of drug-likeness (QED) is 0.639. The van der Waals surface area contributed by atoms with Crippen molar-refractivity contribution in [3.63, 3.8) is 0 Å². The van der Waals surface area contributed by atoms with Gasteiger partial charge in [-0.3, -0.25) is 4.90 Å². The van der Waals surface area contributed by atoms with Gasteiger partial charge < -0.3 is 20.7 Å². The lowest BCUT2D eigenvalue weighted by Gasteiger charge is -2.31. The van der Waals surface area contributed by atoms with Gasteiger partial charge in [0, 0.05) is 32.2 Å². The molecule has 1 amide bonds. The standard InChI is InChI=1S/C16H36N4O2/c1-7-10-20(12-11-19(5)6)14(13-17)8-9-18-15(21)22-16(2,3)4/h14H,7-13,17H2,1-6H3,(H,18,21). The van der Waals surface area contributed by atoms with Crippen LogP contribution in [-0.4, -0.2) is 74.4 Å². The van der Waals surface area contributed by atoms with E-state index in [1.165, 1.54) is 0 Å². The molecule has 1 atom stereocenters. The summed E-state index contributed by atoms with van der Waals surface area (Å²) in [6, 6.07) is 0.287. The summed E-state index contributed by atoms with van der Waals surface area (Å²) < 4.78 is 5.24. The zero-order valence-corrected chi connectivity index (χ0v) is 15.3. The Bertz CT molecular complexity index is 303. The van der Waals surface area contributed by atoms with Crippen LogP contribution in [0.5, 0.6) is 0 Å². The van der Waals surface area contributed by atoms with Crippen molar-refractivity contribution >= 4 is 6.09 Å². The van der Waals surface area contributed by atoms with Gasteiger partial charge in [-0.25, -0.2) is 4.79 Å². The van der Waals surface area contributed by atoms with E-state index in [1.54, 1.807) is 0 Å². The van der Waals surface area contributed by atoms with Gasteiger partial charge in [-0.05, 0) is 54.3 Å². The van der Waals surface area contributed by atoms with Crippen molar-refractivity contribution in [3.05, 3.63) is 0 Å². The number of carbonyl (C=O) groups is 1. The maximum atomic E-state index is 11.7. The Morgan fingerprint density at radius 1 is 1.23 bits per heavy atom. The number of amides is 1. The predicted molar refractivity (Wildman–Crippen MR) is 92.1 cm³/mol. The van der Waals surface area contributed by atoms with Gasteiger partial charge in [0.15, 0.2) is 0 Å². The van der Waals surface area contributed by atoms with Gasteiger partial charge in [-0.2, -0.15) is 0 Å². The molecule has 6 heteroatoms. The van der Waals surface area contributed by atoms with Crippen LogP contribution in [0.3, 0.4) is 0 Å². The molecule has 3 N–H and O–H groups in total. The SMILES string of the molecule is CCCN(CCN(C)C)C(CN)CCNC(=O)OC(C)(C)C. The number of nitrogens with zero attached hydrogens (tertiary/aromatic N) is 2. The van der Waals surface area contributed by atoms with E-state index in [2.05, 4.69) is 36.1 Å². The van der Waals surface area contributed by atoms with Crippen molar-refractivity contribution in [1.29, 1.82) is 0 Å². The minimum absolute atomic E-state index is 0.287. The summed E-state index contributed by atoms with van der Waals surface area (Å²) in [5, 5.41) is 2.81. The first-order chi connectivity index (χ1) is 10.2. The van der Waals surface area contributed by atoms with Gasteiger partial charge in [0.05, 0.1) is 0 Å². The fraction of sp³-hybridized carbons (Fsp3) is 0.938. The zero-order chi connectivity index (χ0) is 17.2. The molecule has 1 unspecified atom stereocenters. The molecule has 0 aromatic carbocycles. The molecule has 6 nitrogen and oxygen atoms in total. The molecule has 0 heterocycles. The molecule has 0 aliphatic heterocycles. The molecule has 132 valence electrons. The lowest BCUT2D eigenvalue weighted by atomic mass is 10.1. The largest absolute Gasteiger partial charge is 0.444 e. The zero-order valence-electron chi connectivity index (χ0n) is 15.3. The van der Waals surface area contributed by atoms with Crippen LogP contribution in [0, 0.1) is 0 Å². The molecule has 0 rings (SSSR count). The summed E-state index contributed by atoms with van der Waals surface area (Å²) in [7, 11) is 4.15. The molecule has 0 aliphatic rings. The van der Waals surface area contributed by atoms with Gasteiger partial charge in [0.25, 0.3) is 0 Å². The molecule has 22 heavy (non-hydrogen) atoms. The molecule has 0 saturated carbocycles. The Balaban J connectivity index is 4.27. The Labute approximate surface area is 136 Å². The van der Waals surface area contributed by atoms with E-state index in [-0.39, 0.29) is 12.1 Å². The molecule has 0 aromatic heterocycles. The molecule has 0 aliphatic carbocycles. The van der Waals surface area contributed by atoms with Crippen molar-refractivity contribution in [2.75, 3.05) is 46.8 Å². The highest BCUT2D eigenvalue weighted by Gasteiger charge is 2.18. The summed E-state index contributed by atoms with van der Waals surface area (Å²) in [5.74, 6) is 0. The van der Waals surface area contributed by atoms with Gasteiger partial charge >= 0.3 is 6.09 Å². The van der Waals surface area contributed by atoms with Crippen molar-refractivity contribution < 1.29 is 9.53 Å². The first-order valence-electron chi connectivity index (χ1n) is 8.25. The molecular weight excluding hydrogens is 280 g/mol. The number of carbonyl (C=O) groups excluding carboxylic acids is 1. The molecule has 0 bridgehead atoms. The highest BCUT2D eigenvalue weighted by atomic mass is 16.6. The third kappa shape index (κ3) is 10.8. The number of nitrogens with one attached hydrogen (secondary N) is 1. The van der Waals surface area contributed by atoms with Crippen LogP contribution in [0.1, 0.15) is 40.5 Å². The minimum atomic E-state index is -0.461. The number of rotatable bonds is 10. The van der Waals surface area contributed by atoms with E-state index in [1.807, 2.05) is 20.8 Å². The highest BCUT2D eigenvalue weighted by Crippen LogP contribution is 2.07. The second kappa shape index (κ2) is 10.8. The smallest absolute Gasteiger partial charge is 0.407 e.